The molecule has 0 heterocycles. The summed E-state index contributed by atoms with van der Waals surface area (Å²) in [7, 11) is 0. The third-order valence-corrected chi connectivity index (χ3v) is 3.14. The van der Waals surface area contributed by atoms with Crippen molar-refractivity contribution in [1.29, 1.82) is 0 Å². The molecule has 0 aliphatic carbocycles. The highest BCUT2D eigenvalue weighted by molar-refractivity contribution is 5.85. The number of primary amides is 1. The quantitative estimate of drug-likeness (QED) is 0.876. The summed E-state index contributed by atoms with van der Waals surface area (Å²) in [5.41, 5.74) is 8.68. The Morgan fingerprint density at radius 1 is 1.00 bits per heavy atom. The lowest BCUT2D eigenvalue weighted by molar-refractivity contribution is -0.118. The lowest BCUT2D eigenvalue weighted by atomic mass is 9.90. The fourth-order valence-corrected chi connectivity index (χ4v) is 2.11. The highest BCUT2D eigenvalue weighted by atomic mass is 16.1. The van der Waals surface area contributed by atoms with E-state index in [9.17, 15) is 4.79 Å². The van der Waals surface area contributed by atoms with Crippen molar-refractivity contribution in [3.63, 3.8) is 0 Å². The van der Waals surface area contributed by atoms with Gasteiger partial charge < -0.3 is 5.73 Å². The van der Waals surface area contributed by atoms with E-state index in [1.165, 1.54) is 5.56 Å². The Hall–Kier alpha value is -2.09. The Morgan fingerprint density at radius 2 is 1.56 bits per heavy atom. The number of carbonyl (C=O) groups is 1. The van der Waals surface area contributed by atoms with Crippen LogP contribution in [0.25, 0.3) is 0 Å². The van der Waals surface area contributed by atoms with Gasteiger partial charge in [-0.05, 0) is 23.1 Å². The molecule has 18 heavy (non-hydrogen) atoms. The van der Waals surface area contributed by atoms with Crippen molar-refractivity contribution >= 4 is 5.91 Å². The topological polar surface area (TPSA) is 43.1 Å². The minimum Gasteiger partial charge on any atom is -0.369 e. The van der Waals surface area contributed by atoms with E-state index in [0.717, 1.165) is 17.5 Å². The molecule has 1 atom stereocenters. The summed E-state index contributed by atoms with van der Waals surface area (Å²) in [6, 6.07) is 17.7. The molecular formula is C16H17NO. The van der Waals surface area contributed by atoms with E-state index in [-0.39, 0.29) is 11.8 Å². The first-order valence-corrected chi connectivity index (χ1v) is 6.15. The van der Waals surface area contributed by atoms with Crippen LogP contribution in [0.3, 0.4) is 0 Å². The van der Waals surface area contributed by atoms with Crippen molar-refractivity contribution in [2.24, 2.45) is 5.73 Å². The molecule has 1 unspecified atom stereocenters. The van der Waals surface area contributed by atoms with Crippen LogP contribution in [0.5, 0.6) is 0 Å². The maximum absolute atomic E-state index is 11.7. The van der Waals surface area contributed by atoms with Gasteiger partial charge in [0.1, 0.15) is 0 Å². The Labute approximate surface area is 107 Å². The van der Waals surface area contributed by atoms with Gasteiger partial charge in [-0.3, -0.25) is 4.79 Å². The number of nitrogens with two attached hydrogens (primary N) is 1. The minimum atomic E-state index is -0.364. The summed E-state index contributed by atoms with van der Waals surface area (Å²) in [5, 5.41) is 0. The molecule has 1 amide bonds. The molecule has 0 aliphatic heterocycles. The van der Waals surface area contributed by atoms with Gasteiger partial charge in [-0.2, -0.15) is 0 Å². The van der Waals surface area contributed by atoms with Crippen LogP contribution in [0.15, 0.2) is 54.6 Å². The third-order valence-electron chi connectivity index (χ3n) is 3.14. The van der Waals surface area contributed by atoms with Gasteiger partial charge in [0.2, 0.25) is 5.91 Å². The van der Waals surface area contributed by atoms with E-state index in [1.807, 2.05) is 54.6 Å². The second kappa shape index (κ2) is 5.50. The van der Waals surface area contributed by atoms with Crippen LogP contribution < -0.4 is 5.73 Å². The lowest BCUT2D eigenvalue weighted by Crippen LogP contribution is -2.22. The molecule has 0 fully saturated rings. The molecule has 0 saturated heterocycles. The number of carbonyl (C=O) groups excluding carboxylic acids is 1. The van der Waals surface area contributed by atoms with Crippen molar-refractivity contribution in [3.05, 3.63) is 71.3 Å². The van der Waals surface area contributed by atoms with Gasteiger partial charge in [-0.15, -0.1) is 0 Å². The van der Waals surface area contributed by atoms with Crippen LogP contribution in [-0.4, -0.2) is 5.91 Å². The van der Waals surface area contributed by atoms with E-state index in [1.54, 1.807) is 0 Å². The van der Waals surface area contributed by atoms with E-state index in [0.29, 0.717) is 0 Å². The smallest absolute Gasteiger partial charge is 0.229 e. The molecule has 0 bridgehead atoms. The highest BCUT2D eigenvalue weighted by Gasteiger charge is 2.19. The highest BCUT2D eigenvalue weighted by Crippen LogP contribution is 2.24. The molecule has 2 heteroatoms. The molecule has 0 saturated carbocycles. The Morgan fingerprint density at radius 3 is 2.06 bits per heavy atom. The number of benzene rings is 2. The van der Waals surface area contributed by atoms with Crippen LogP contribution in [-0.2, 0) is 11.2 Å². The van der Waals surface area contributed by atoms with Gasteiger partial charge in [-0.25, -0.2) is 0 Å². The lowest BCUT2D eigenvalue weighted by Gasteiger charge is -2.14. The Balaban J connectivity index is 2.39. The second-order valence-electron chi connectivity index (χ2n) is 4.34. The zero-order chi connectivity index (χ0) is 13.0. The standard InChI is InChI=1S/C16H17NO/c1-2-12-8-10-14(11-9-12)15(16(17)18)13-6-4-3-5-7-13/h3-11,15H,2H2,1H3,(H2,17,18). The van der Waals surface area contributed by atoms with Crippen LogP contribution in [0.4, 0.5) is 0 Å². The van der Waals surface area contributed by atoms with E-state index >= 15 is 0 Å². The van der Waals surface area contributed by atoms with Gasteiger partial charge in [-0.1, -0.05) is 61.5 Å². The zero-order valence-electron chi connectivity index (χ0n) is 10.5. The molecule has 0 aliphatic rings. The molecule has 2 N–H and O–H groups in total. The normalized spacial score (nSPS) is 12.1. The van der Waals surface area contributed by atoms with E-state index < -0.39 is 0 Å². The Kier molecular flexibility index (Phi) is 3.78. The summed E-state index contributed by atoms with van der Waals surface area (Å²) < 4.78 is 0. The zero-order valence-corrected chi connectivity index (χ0v) is 10.5. The van der Waals surface area contributed by atoms with Crippen LogP contribution >= 0.6 is 0 Å². The van der Waals surface area contributed by atoms with Crippen molar-refractivity contribution in [3.8, 4) is 0 Å². The van der Waals surface area contributed by atoms with E-state index in [2.05, 4.69) is 6.92 Å². The molecule has 0 spiro atoms. The number of amides is 1. The molecule has 2 nitrogen and oxygen atoms in total. The summed E-state index contributed by atoms with van der Waals surface area (Å²) in [6.07, 6.45) is 0.993. The first-order chi connectivity index (χ1) is 8.72. The average Bonchev–Trinajstić information content (AvgIpc) is 2.40. The number of hydrogen-bond donors (Lipinski definition) is 1. The molecule has 0 aromatic heterocycles. The summed E-state index contributed by atoms with van der Waals surface area (Å²) in [4.78, 5) is 11.7. The second-order valence-corrected chi connectivity index (χ2v) is 4.34. The molecule has 92 valence electrons. The van der Waals surface area contributed by atoms with Gasteiger partial charge >= 0.3 is 0 Å². The van der Waals surface area contributed by atoms with Crippen LogP contribution in [0, 0.1) is 0 Å². The van der Waals surface area contributed by atoms with E-state index in [4.69, 9.17) is 5.73 Å². The predicted octanol–water partition coefficient (Wildman–Crippen LogP) is 2.87. The SMILES string of the molecule is CCc1ccc(C(C(N)=O)c2ccccc2)cc1. The molecular weight excluding hydrogens is 222 g/mol. The van der Waals surface area contributed by atoms with Gasteiger partial charge in [0.15, 0.2) is 0 Å². The van der Waals surface area contributed by atoms with Crippen molar-refractivity contribution in [2.75, 3.05) is 0 Å². The maximum Gasteiger partial charge on any atom is 0.229 e. The molecule has 2 aromatic carbocycles. The fourth-order valence-electron chi connectivity index (χ4n) is 2.11. The van der Waals surface area contributed by atoms with Gasteiger partial charge in [0.05, 0.1) is 5.92 Å². The third kappa shape index (κ3) is 2.59. The number of hydrogen-bond acceptors (Lipinski definition) is 1. The maximum atomic E-state index is 11.7. The van der Waals surface area contributed by atoms with Crippen LogP contribution in [0.1, 0.15) is 29.5 Å². The van der Waals surface area contributed by atoms with Crippen molar-refractivity contribution < 1.29 is 4.79 Å². The summed E-state index contributed by atoms with van der Waals surface area (Å²) in [5.74, 6) is -0.678. The summed E-state index contributed by atoms with van der Waals surface area (Å²) >= 11 is 0. The predicted molar refractivity (Wildman–Crippen MR) is 73.3 cm³/mol. The molecule has 2 rings (SSSR count). The number of rotatable bonds is 4. The monoisotopic (exact) mass is 239 g/mol. The average molecular weight is 239 g/mol. The first-order valence-electron chi connectivity index (χ1n) is 6.15. The molecule has 2 aromatic rings. The van der Waals surface area contributed by atoms with Crippen molar-refractivity contribution in [1.82, 2.24) is 0 Å². The van der Waals surface area contributed by atoms with Gasteiger partial charge in [0, 0.05) is 0 Å². The van der Waals surface area contributed by atoms with Crippen molar-refractivity contribution in [2.45, 2.75) is 19.3 Å². The Bertz CT molecular complexity index is 517. The minimum absolute atomic E-state index is 0.314. The fraction of sp³-hybridized carbons (Fsp3) is 0.188. The summed E-state index contributed by atoms with van der Waals surface area (Å²) in [6.45, 7) is 2.11. The largest absolute Gasteiger partial charge is 0.369 e. The molecule has 0 radical (unpaired) electrons. The first kappa shape index (κ1) is 12.4. The number of aryl methyl sites for hydroxylation is 1. The van der Waals surface area contributed by atoms with Crippen LogP contribution in [0.2, 0.25) is 0 Å². The van der Waals surface area contributed by atoms with Gasteiger partial charge in [0.25, 0.3) is 0 Å².